The Morgan fingerprint density at radius 1 is 1.41 bits per heavy atom. The molecule has 0 aliphatic carbocycles. The second-order valence-corrected chi connectivity index (χ2v) is 3.76. The van der Waals surface area contributed by atoms with E-state index in [1.807, 2.05) is 37.4 Å². The van der Waals surface area contributed by atoms with E-state index in [9.17, 15) is 0 Å². The highest BCUT2D eigenvalue weighted by molar-refractivity contribution is 5.65. The minimum Gasteiger partial charge on any atom is -0.258 e. The molecule has 0 fully saturated rings. The maximum Gasteiger partial charge on any atom is 0.128 e. The molecule has 0 atom stereocenters. The van der Waals surface area contributed by atoms with Crippen molar-refractivity contribution in [3.63, 3.8) is 0 Å². The first-order chi connectivity index (χ1) is 8.24. The van der Waals surface area contributed by atoms with E-state index < -0.39 is 0 Å². The van der Waals surface area contributed by atoms with E-state index in [2.05, 4.69) is 11.0 Å². The van der Waals surface area contributed by atoms with E-state index in [0.29, 0.717) is 0 Å². The third kappa shape index (κ3) is 2.19. The van der Waals surface area contributed by atoms with Crippen LogP contribution in [0, 0.1) is 30.6 Å². The molecule has 0 radical (unpaired) electrons. The molecule has 1 heterocycles. The van der Waals surface area contributed by atoms with E-state index in [0.717, 1.165) is 22.3 Å². The first-order valence-electron chi connectivity index (χ1n) is 5.21. The summed E-state index contributed by atoms with van der Waals surface area (Å²) in [5.74, 6) is 2.66. The van der Waals surface area contributed by atoms with Gasteiger partial charge in [-0.05, 0) is 24.1 Å². The van der Waals surface area contributed by atoms with Gasteiger partial charge in [-0.25, -0.2) is 0 Å². The number of benzene rings is 1. The third-order valence-corrected chi connectivity index (χ3v) is 2.59. The van der Waals surface area contributed by atoms with Crippen LogP contribution in [0.4, 0.5) is 0 Å². The van der Waals surface area contributed by atoms with E-state index in [4.69, 9.17) is 11.7 Å². The number of hydrogen-bond acceptors (Lipinski definition) is 2. The first-order valence-corrected chi connectivity index (χ1v) is 5.21. The van der Waals surface area contributed by atoms with E-state index in [-0.39, 0.29) is 6.54 Å². The van der Waals surface area contributed by atoms with Crippen LogP contribution in [0.5, 0.6) is 0 Å². The fourth-order valence-corrected chi connectivity index (χ4v) is 1.63. The predicted octanol–water partition coefficient (Wildman–Crippen LogP) is 2.36. The Hall–Kier alpha value is -2.52. The number of nitriles is 1. The summed E-state index contributed by atoms with van der Waals surface area (Å²) in [5.41, 5.74) is 3.96. The highest BCUT2D eigenvalue weighted by Crippen LogP contribution is 2.21. The summed E-state index contributed by atoms with van der Waals surface area (Å²) >= 11 is 0. The van der Waals surface area contributed by atoms with Gasteiger partial charge in [0.05, 0.1) is 12.3 Å². The Kier molecular flexibility index (Phi) is 2.94. The molecule has 82 valence electrons. The zero-order valence-corrected chi connectivity index (χ0v) is 9.51. The van der Waals surface area contributed by atoms with Crippen LogP contribution >= 0.6 is 0 Å². The van der Waals surface area contributed by atoms with Crippen LogP contribution in [0.3, 0.4) is 0 Å². The Labute approximate surface area is 100 Å². The zero-order chi connectivity index (χ0) is 12.3. The van der Waals surface area contributed by atoms with Gasteiger partial charge in [0.15, 0.2) is 0 Å². The maximum atomic E-state index is 8.58. The Bertz CT molecular complexity index is 624. The number of nitrogens with zero attached hydrogens (tertiary/aromatic N) is 3. The lowest BCUT2D eigenvalue weighted by Gasteiger charge is -2.01. The number of terminal acetylenes is 1. The summed E-state index contributed by atoms with van der Waals surface area (Å²) in [6, 6.07) is 8.01. The molecule has 2 aromatic rings. The summed E-state index contributed by atoms with van der Waals surface area (Å²) in [7, 11) is 0. The van der Waals surface area contributed by atoms with Crippen molar-refractivity contribution in [1.82, 2.24) is 9.78 Å². The van der Waals surface area contributed by atoms with Crippen molar-refractivity contribution < 1.29 is 0 Å². The highest BCUT2D eigenvalue weighted by atomic mass is 15.3. The van der Waals surface area contributed by atoms with Crippen LogP contribution in [-0.2, 0) is 6.54 Å². The van der Waals surface area contributed by atoms with E-state index >= 15 is 0 Å². The molecular formula is C14H11N3. The fraction of sp³-hybridized carbons (Fsp3) is 0.143. The number of aromatic nitrogens is 2. The van der Waals surface area contributed by atoms with Gasteiger partial charge in [-0.2, -0.15) is 10.4 Å². The van der Waals surface area contributed by atoms with Crippen molar-refractivity contribution in [3.8, 4) is 29.5 Å². The summed E-state index contributed by atoms with van der Waals surface area (Å²) < 4.78 is 1.60. The van der Waals surface area contributed by atoms with Crippen molar-refractivity contribution in [2.45, 2.75) is 13.5 Å². The minimum atomic E-state index is 0.258. The topological polar surface area (TPSA) is 41.6 Å². The molecule has 3 heteroatoms. The molecule has 0 amide bonds. The van der Waals surface area contributed by atoms with E-state index in [1.54, 1.807) is 10.9 Å². The second-order valence-electron chi connectivity index (χ2n) is 3.76. The van der Waals surface area contributed by atoms with Crippen molar-refractivity contribution in [3.05, 3.63) is 41.7 Å². The summed E-state index contributed by atoms with van der Waals surface area (Å²) in [4.78, 5) is 0. The third-order valence-electron chi connectivity index (χ3n) is 2.59. The Morgan fingerprint density at radius 2 is 2.24 bits per heavy atom. The molecule has 0 N–H and O–H groups in total. The van der Waals surface area contributed by atoms with Gasteiger partial charge in [-0.15, -0.1) is 6.42 Å². The Morgan fingerprint density at radius 3 is 2.94 bits per heavy atom. The van der Waals surface area contributed by atoms with Gasteiger partial charge < -0.3 is 0 Å². The maximum absolute atomic E-state index is 8.58. The van der Waals surface area contributed by atoms with Gasteiger partial charge in [-0.3, -0.25) is 4.68 Å². The number of rotatable bonds is 2. The largest absolute Gasteiger partial charge is 0.258 e. The molecule has 1 aromatic carbocycles. The first kappa shape index (κ1) is 11.0. The molecule has 0 spiro atoms. The molecule has 0 bridgehead atoms. The van der Waals surface area contributed by atoms with Crippen molar-refractivity contribution in [2.24, 2.45) is 0 Å². The molecule has 0 saturated carbocycles. The quantitative estimate of drug-likeness (QED) is 0.730. The van der Waals surface area contributed by atoms with Crippen LogP contribution < -0.4 is 0 Å². The monoisotopic (exact) mass is 221 g/mol. The summed E-state index contributed by atoms with van der Waals surface area (Å²) in [6.07, 6.45) is 9.02. The van der Waals surface area contributed by atoms with Crippen LogP contribution in [0.15, 0.2) is 30.6 Å². The van der Waals surface area contributed by atoms with Crippen LogP contribution in [0.1, 0.15) is 11.1 Å². The van der Waals surface area contributed by atoms with Crippen LogP contribution in [0.2, 0.25) is 0 Å². The van der Waals surface area contributed by atoms with Crippen LogP contribution in [0.25, 0.3) is 11.1 Å². The van der Waals surface area contributed by atoms with Crippen molar-refractivity contribution in [1.29, 1.82) is 5.26 Å². The molecule has 0 aliphatic heterocycles. The molecule has 0 unspecified atom stereocenters. The molecule has 1 aromatic heterocycles. The summed E-state index contributed by atoms with van der Waals surface area (Å²) in [6.45, 7) is 2.24. The zero-order valence-electron chi connectivity index (χ0n) is 9.51. The Balaban J connectivity index is 2.40. The fourth-order valence-electron chi connectivity index (χ4n) is 1.63. The second kappa shape index (κ2) is 4.55. The lowest BCUT2D eigenvalue weighted by Crippen LogP contribution is -1.94. The van der Waals surface area contributed by atoms with Gasteiger partial charge in [0, 0.05) is 17.3 Å². The average molecular weight is 221 g/mol. The SMILES string of the molecule is C#Cc1cc(-c2cnn(CC#N)c2)ccc1C. The normalized spacial score (nSPS) is 9.59. The van der Waals surface area contributed by atoms with Gasteiger partial charge in [0.2, 0.25) is 0 Å². The molecular weight excluding hydrogens is 210 g/mol. The van der Waals surface area contributed by atoms with Gasteiger partial charge in [0.1, 0.15) is 6.54 Å². The number of aryl methyl sites for hydroxylation is 1. The lowest BCUT2D eigenvalue weighted by molar-refractivity contribution is 0.710. The van der Waals surface area contributed by atoms with Gasteiger partial charge in [0.25, 0.3) is 0 Å². The van der Waals surface area contributed by atoms with Gasteiger partial charge in [-0.1, -0.05) is 18.1 Å². The summed E-state index contributed by atoms with van der Waals surface area (Å²) in [5, 5.41) is 12.7. The average Bonchev–Trinajstić information content (AvgIpc) is 2.79. The molecule has 2 rings (SSSR count). The van der Waals surface area contributed by atoms with Crippen molar-refractivity contribution >= 4 is 0 Å². The standard InChI is InChI=1S/C14H11N3/c1-3-12-8-13(5-4-11(12)2)14-9-16-17(10-14)7-6-15/h1,4-5,8-10H,7H2,2H3. The molecule has 0 saturated heterocycles. The smallest absolute Gasteiger partial charge is 0.128 e. The molecule has 3 nitrogen and oxygen atoms in total. The number of hydrogen-bond donors (Lipinski definition) is 0. The van der Waals surface area contributed by atoms with Crippen LogP contribution in [-0.4, -0.2) is 9.78 Å². The molecule has 17 heavy (non-hydrogen) atoms. The van der Waals surface area contributed by atoms with Crippen molar-refractivity contribution in [2.75, 3.05) is 0 Å². The highest BCUT2D eigenvalue weighted by Gasteiger charge is 2.03. The minimum absolute atomic E-state index is 0.258. The predicted molar refractivity (Wildman–Crippen MR) is 65.9 cm³/mol. The van der Waals surface area contributed by atoms with Gasteiger partial charge >= 0.3 is 0 Å². The lowest BCUT2D eigenvalue weighted by atomic mass is 10.0. The van der Waals surface area contributed by atoms with E-state index in [1.165, 1.54) is 0 Å². The molecule has 0 aliphatic rings.